The molecule has 0 saturated heterocycles. The van der Waals surface area contributed by atoms with Crippen LogP contribution >= 0.6 is 0 Å². The predicted octanol–water partition coefficient (Wildman–Crippen LogP) is 3.74. The number of para-hydroxylation sites is 1. The summed E-state index contributed by atoms with van der Waals surface area (Å²) >= 11 is 0. The zero-order valence-electron chi connectivity index (χ0n) is 9.47. The fraction of sp³-hybridized carbons (Fsp3) is 0.538. The van der Waals surface area contributed by atoms with Crippen molar-refractivity contribution >= 4 is 0 Å². The van der Waals surface area contributed by atoms with Crippen molar-refractivity contribution in [2.75, 3.05) is 7.11 Å². The third-order valence-corrected chi connectivity index (χ3v) is 2.55. The first-order valence-corrected chi connectivity index (χ1v) is 5.42. The largest absolute Gasteiger partial charge is 0.496 e. The standard InChI is InChI=1S/C13H20O/c1-4-5-6-9-12-10-7-8-11(2)13(12)14-3/h7-8,10H,4-6,9H2,1-3H3. The molecule has 0 N–H and O–H groups in total. The molecule has 1 nitrogen and oxygen atoms in total. The van der Waals surface area contributed by atoms with Crippen molar-refractivity contribution in [1.82, 2.24) is 0 Å². The van der Waals surface area contributed by atoms with Crippen molar-refractivity contribution in [2.24, 2.45) is 0 Å². The molecule has 1 aromatic rings. The third kappa shape index (κ3) is 2.76. The minimum atomic E-state index is 1.07. The van der Waals surface area contributed by atoms with Gasteiger partial charge in [0.05, 0.1) is 7.11 Å². The molecule has 1 rings (SSSR count). The Balaban J connectivity index is 2.70. The molecule has 0 aliphatic rings. The number of hydrogen-bond acceptors (Lipinski definition) is 1. The molecule has 0 amide bonds. The highest BCUT2D eigenvalue weighted by Gasteiger charge is 2.04. The van der Waals surface area contributed by atoms with E-state index >= 15 is 0 Å². The van der Waals surface area contributed by atoms with E-state index in [2.05, 4.69) is 32.0 Å². The monoisotopic (exact) mass is 192 g/mol. The van der Waals surface area contributed by atoms with Gasteiger partial charge in [0.25, 0.3) is 0 Å². The Bertz CT molecular complexity index is 279. The summed E-state index contributed by atoms with van der Waals surface area (Å²) in [5.74, 6) is 1.07. The van der Waals surface area contributed by atoms with Crippen molar-refractivity contribution < 1.29 is 4.74 Å². The Kier molecular flexibility index (Phi) is 4.51. The molecule has 0 fully saturated rings. The van der Waals surface area contributed by atoms with Gasteiger partial charge in [-0.15, -0.1) is 0 Å². The van der Waals surface area contributed by atoms with Gasteiger partial charge in [-0.1, -0.05) is 38.0 Å². The molecule has 0 aromatic heterocycles. The average Bonchev–Trinajstić information content (AvgIpc) is 2.18. The van der Waals surface area contributed by atoms with Crippen LogP contribution in [0.5, 0.6) is 5.75 Å². The molecular weight excluding hydrogens is 172 g/mol. The Morgan fingerprint density at radius 3 is 2.64 bits per heavy atom. The molecule has 0 heterocycles. The van der Waals surface area contributed by atoms with E-state index in [1.165, 1.54) is 30.4 Å². The number of rotatable bonds is 5. The van der Waals surface area contributed by atoms with E-state index in [1.54, 1.807) is 7.11 Å². The first kappa shape index (κ1) is 11.1. The molecule has 0 aliphatic carbocycles. The number of methoxy groups -OCH3 is 1. The van der Waals surface area contributed by atoms with Crippen LogP contribution in [-0.2, 0) is 6.42 Å². The number of hydrogen-bond donors (Lipinski definition) is 0. The van der Waals surface area contributed by atoms with Crippen LogP contribution in [-0.4, -0.2) is 7.11 Å². The fourth-order valence-corrected chi connectivity index (χ4v) is 1.77. The molecule has 0 bridgehead atoms. The van der Waals surface area contributed by atoms with Crippen LogP contribution in [0.15, 0.2) is 18.2 Å². The zero-order chi connectivity index (χ0) is 10.4. The van der Waals surface area contributed by atoms with E-state index in [-0.39, 0.29) is 0 Å². The van der Waals surface area contributed by atoms with Gasteiger partial charge >= 0.3 is 0 Å². The Morgan fingerprint density at radius 1 is 1.21 bits per heavy atom. The van der Waals surface area contributed by atoms with Crippen LogP contribution in [0.3, 0.4) is 0 Å². The predicted molar refractivity (Wildman–Crippen MR) is 61.0 cm³/mol. The topological polar surface area (TPSA) is 9.23 Å². The van der Waals surface area contributed by atoms with Crippen molar-refractivity contribution in [2.45, 2.75) is 39.5 Å². The minimum Gasteiger partial charge on any atom is -0.496 e. The molecule has 0 saturated carbocycles. The van der Waals surface area contributed by atoms with Crippen LogP contribution < -0.4 is 4.74 Å². The minimum absolute atomic E-state index is 1.07. The number of ether oxygens (including phenoxy) is 1. The summed E-state index contributed by atoms with van der Waals surface area (Å²) in [6.45, 7) is 4.33. The van der Waals surface area contributed by atoms with Crippen molar-refractivity contribution in [3.05, 3.63) is 29.3 Å². The fourth-order valence-electron chi connectivity index (χ4n) is 1.77. The smallest absolute Gasteiger partial charge is 0.124 e. The highest BCUT2D eigenvalue weighted by Crippen LogP contribution is 2.24. The number of aryl methyl sites for hydroxylation is 2. The number of unbranched alkanes of at least 4 members (excludes halogenated alkanes) is 2. The molecule has 14 heavy (non-hydrogen) atoms. The maximum absolute atomic E-state index is 5.41. The molecule has 1 heteroatoms. The summed E-state index contributed by atoms with van der Waals surface area (Å²) in [5.41, 5.74) is 2.59. The van der Waals surface area contributed by atoms with Crippen LogP contribution in [0.2, 0.25) is 0 Å². The van der Waals surface area contributed by atoms with Gasteiger partial charge in [-0.3, -0.25) is 0 Å². The van der Waals surface area contributed by atoms with E-state index in [4.69, 9.17) is 4.74 Å². The molecule has 0 unspecified atom stereocenters. The second kappa shape index (κ2) is 5.69. The number of benzene rings is 1. The zero-order valence-corrected chi connectivity index (χ0v) is 9.47. The van der Waals surface area contributed by atoms with Crippen LogP contribution in [0.25, 0.3) is 0 Å². The van der Waals surface area contributed by atoms with Crippen LogP contribution in [0, 0.1) is 6.92 Å². The summed E-state index contributed by atoms with van der Waals surface area (Å²) in [6, 6.07) is 6.38. The quantitative estimate of drug-likeness (QED) is 0.646. The van der Waals surface area contributed by atoms with Gasteiger partial charge in [-0.05, 0) is 30.9 Å². The van der Waals surface area contributed by atoms with Gasteiger partial charge in [-0.25, -0.2) is 0 Å². The Morgan fingerprint density at radius 2 is 2.00 bits per heavy atom. The summed E-state index contributed by atoms with van der Waals surface area (Å²) in [6.07, 6.45) is 4.97. The lowest BCUT2D eigenvalue weighted by atomic mass is 10.0. The first-order valence-electron chi connectivity index (χ1n) is 5.42. The normalized spacial score (nSPS) is 10.2. The summed E-state index contributed by atoms with van der Waals surface area (Å²) in [7, 11) is 1.76. The van der Waals surface area contributed by atoms with E-state index in [1.807, 2.05) is 0 Å². The SMILES string of the molecule is CCCCCc1cccc(C)c1OC. The Hall–Kier alpha value is -0.980. The molecule has 0 atom stereocenters. The van der Waals surface area contributed by atoms with E-state index < -0.39 is 0 Å². The van der Waals surface area contributed by atoms with Gasteiger partial charge < -0.3 is 4.74 Å². The lowest BCUT2D eigenvalue weighted by molar-refractivity contribution is 0.405. The maximum Gasteiger partial charge on any atom is 0.124 e. The first-order chi connectivity index (χ1) is 6.79. The van der Waals surface area contributed by atoms with E-state index in [9.17, 15) is 0 Å². The van der Waals surface area contributed by atoms with Gasteiger partial charge in [0.2, 0.25) is 0 Å². The average molecular weight is 192 g/mol. The molecule has 0 radical (unpaired) electrons. The van der Waals surface area contributed by atoms with Gasteiger partial charge in [0.15, 0.2) is 0 Å². The second-order valence-corrected chi connectivity index (χ2v) is 3.72. The summed E-state index contributed by atoms with van der Waals surface area (Å²) < 4.78 is 5.41. The second-order valence-electron chi connectivity index (χ2n) is 3.72. The Labute approximate surface area is 87.1 Å². The molecule has 1 aromatic carbocycles. The van der Waals surface area contributed by atoms with Crippen molar-refractivity contribution in [3.63, 3.8) is 0 Å². The lowest BCUT2D eigenvalue weighted by Crippen LogP contribution is -1.94. The third-order valence-electron chi connectivity index (χ3n) is 2.55. The molecular formula is C13H20O. The van der Waals surface area contributed by atoms with E-state index in [0.717, 1.165) is 12.2 Å². The van der Waals surface area contributed by atoms with Crippen LogP contribution in [0.1, 0.15) is 37.3 Å². The highest BCUT2D eigenvalue weighted by atomic mass is 16.5. The van der Waals surface area contributed by atoms with Crippen molar-refractivity contribution in [1.29, 1.82) is 0 Å². The molecule has 0 aliphatic heterocycles. The van der Waals surface area contributed by atoms with Gasteiger partial charge in [-0.2, -0.15) is 0 Å². The maximum atomic E-state index is 5.41. The summed E-state index contributed by atoms with van der Waals surface area (Å²) in [5, 5.41) is 0. The van der Waals surface area contributed by atoms with Crippen molar-refractivity contribution in [3.8, 4) is 5.75 Å². The highest BCUT2D eigenvalue weighted by molar-refractivity contribution is 5.40. The van der Waals surface area contributed by atoms with Gasteiger partial charge in [0.1, 0.15) is 5.75 Å². The van der Waals surface area contributed by atoms with Gasteiger partial charge in [0, 0.05) is 0 Å². The lowest BCUT2D eigenvalue weighted by Gasteiger charge is -2.10. The van der Waals surface area contributed by atoms with Crippen LogP contribution in [0.4, 0.5) is 0 Å². The summed E-state index contributed by atoms with van der Waals surface area (Å²) in [4.78, 5) is 0. The molecule has 0 spiro atoms. The van der Waals surface area contributed by atoms with E-state index in [0.29, 0.717) is 0 Å². The molecule has 78 valence electrons.